The third kappa shape index (κ3) is 4.48. The van der Waals surface area contributed by atoms with Crippen LogP contribution in [0.1, 0.15) is 34.6 Å². The SMILES string of the molecule is C[C@H](NC(=O)c1cccc(S(=O)(=O)NCc2ccc3c(c2)OCO3)c1)c1cc2ccccc2o1. The van der Waals surface area contributed by atoms with Crippen LogP contribution in [0.25, 0.3) is 11.0 Å². The Hall–Kier alpha value is -3.82. The van der Waals surface area contributed by atoms with E-state index in [2.05, 4.69) is 10.0 Å². The quantitative estimate of drug-likeness (QED) is 0.414. The first-order valence-electron chi connectivity index (χ1n) is 10.7. The minimum atomic E-state index is -3.85. The Labute approximate surface area is 196 Å². The lowest BCUT2D eigenvalue weighted by Gasteiger charge is -2.12. The fourth-order valence-corrected chi connectivity index (χ4v) is 4.75. The third-order valence-corrected chi connectivity index (χ3v) is 6.93. The Kier molecular flexibility index (Phi) is 5.72. The van der Waals surface area contributed by atoms with Crippen molar-refractivity contribution in [3.8, 4) is 11.5 Å². The Balaban J connectivity index is 1.27. The lowest BCUT2D eigenvalue weighted by atomic mass is 10.1. The molecule has 4 aromatic rings. The second kappa shape index (κ2) is 8.85. The highest BCUT2D eigenvalue weighted by atomic mass is 32.2. The van der Waals surface area contributed by atoms with Gasteiger partial charge in [-0.15, -0.1) is 0 Å². The number of rotatable bonds is 7. The summed E-state index contributed by atoms with van der Waals surface area (Å²) in [5.41, 5.74) is 1.69. The van der Waals surface area contributed by atoms with Crippen LogP contribution in [0.4, 0.5) is 0 Å². The average molecular weight is 479 g/mol. The third-order valence-electron chi connectivity index (χ3n) is 5.53. The molecule has 2 N–H and O–H groups in total. The van der Waals surface area contributed by atoms with Crippen molar-refractivity contribution in [1.82, 2.24) is 10.0 Å². The molecule has 1 amide bonds. The molecule has 0 bridgehead atoms. The van der Waals surface area contributed by atoms with Crippen molar-refractivity contribution in [3.05, 3.63) is 89.7 Å². The number of amides is 1. The molecular weight excluding hydrogens is 456 g/mol. The molecule has 3 aromatic carbocycles. The maximum absolute atomic E-state index is 12.8. The molecule has 1 atom stereocenters. The van der Waals surface area contributed by atoms with Gasteiger partial charge >= 0.3 is 0 Å². The number of furan rings is 1. The van der Waals surface area contributed by atoms with Crippen LogP contribution in [0.15, 0.2) is 82.1 Å². The Morgan fingerprint density at radius 1 is 0.971 bits per heavy atom. The van der Waals surface area contributed by atoms with Gasteiger partial charge in [0.2, 0.25) is 16.8 Å². The molecule has 174 valence electrons. The van der Waals surface area contributed by atoms with Crippen LogP contribution in [0.5, 0.6) is 11.5 Å². The monoisotopic (exact) mass is 478 g/mol. The average Bonchev–Trinajstić information content (AvgIpc) is 3.49. The van der Waals surface area contributed by atoms with Gasteiger partial charge in [0.1, 0.15) is 11.3 Å². The topological polar surface area (TPSA) is 107 Å². The first-order valence-corrected chi connectivity index (χ1v) is 12.1. The maximum atomic E-state index is 12.8. The summed E-state index contributed by atoms with van der Waals surface area (Å²) in [6, 6.07) is 20.2. The van der Waals surface area contributed by atoms with E-state index in [0.29, 0.717) is 17.3 Å². The van der Waals surface area contributed by atoms with Crippen LogP contribution < -0.4 is 19.5 Å². The number of hydrogen-bond acceptors (Lipinski definition) is 6. The second-order valence-corrected chi connectivity index (χ2v) is 9.69. The van der Waals surface area contributed by atoms with Gasteiger partial charge in [0.15, 0.2) is 11.5 Å². The van der Waals surface area contributed by atoms with Crippen LogP contribution in [-0.2, 0) is 16.6 Å². The normalized spacial score (nSPS) is 13.7. The smallest absolute Gasteiger partial charge is 0.251 e. The number of benzene rings is 3. The van der Waals surface area contributed by atoms with E-state index < -0.39 is 22.0 Å². The number of fused-ring (bicyclic) bond motifs is 2. The van der Waals surface area contributed by atoms with E-state index in [1.165, 1.54) is 18.2 Å². The summed E-state index contributed by atoms with van der Waals surface area (Å²) in [5.74, 6) is 1.42. The molecule has 0 aliphatic carbocycles. The standard InChI is InChI=1S/C25H22N2O6S/c1-16(23-13-18-5-2-3-8-21(18)33-23)27-25(28)19-6-4-7-20(12-19)34(29,30)26-14-17-9-10-22-24(11-17)32-15-31-22/h2-13,16,26H,14-15H2,1H3,(H,27,28)/t16-/m0/s1. The molecule has 0 unspecified atom stereocenters. The molecular formula is C25H22N2O6S. The van der Waals surface area contributed by atoms with Crippen LogP contribution in [0.2, 0.25) is 0 Å². The van der Waals surface area contributed by atoms with Crippen molar-refractivity contribution in [1.29, 1.82) is 0 Å². The predicted octanol–water partition coefficient (Wildman–Crippen LogP) is 4.13. The van der Waals surface area contributed by atoms with Crippen molar-refractivity contribution in [2.45, 2.75) is 24.4 Å². The number of para-hydroxylation sites is 1. The number of ether oxygens (including phenoxy) is 2. The zero-order valence-corrected chi connectivity index (χ0v) is 19.1. The summed E-state index contributed by atoms with van der Waals surface area (Å²) in [7, 11) is -3.85. The summed E-state index contributed by atoms with van der Waals surface area (Å²) in [5, 5.41) is 3.80. The van der Waals surface area contributed by atoms with Gasteiger partial charge in [-0.05, 0) is 55.0 Å². The van der Waals surface area contributed by atoms with E-state index in [4.69, 9.17) is 13.9 Å². The van der Waals surface area contributed by atoms with E-state index >= 15 is 0 Å². The molecule has 9 heteroatoms. The molecule has 1 aromatic heterocycles. The van der Waals surface area contributed by atoms with E-state index in [1.54, 1.807) is 24.3 Å². The predicted molar refractivity (Wildman–Crippen MR) is 125 cm³/mol. The molecule has 0 radical (unpaired) electrons. The van der Waals surface area contributed by atoms with Crippen LogP contribution >= 0.6 is 0 Å². The maximum Gasteiger partial charge on any atom is 0.251 e. The molecule has 2 heterocycles. The molecule has 5 rings (SSSR count). The van der Waals surface area contributed by atoms with Crippen molar-refractivity contribution in [3.63, 3.8) is 0 Å². The zero-order chi connectivity index (χ0) is 23.7. The minimum absolute atomic E-state index is 0.00252. The van der Waals surface area contributed by atoms with Crippen LogP contribution in [0, 0.1) is 0 Å². The zero-order valence-electron chi connectivity index (χ0n) is 18.3. The molecule has 0 saturated carbocycles. The summed E-state index contributed by atoms with van der Waals surface area (Å²) in [6.45, 7) is 2.02. The Morgan fingerprint density at radius 3 is 2.65 bits per heavy atom. The highest BCUT2D eigenvalue weighted by Gasteiger charge is 2.20. The van der Waals surface area contributed by atoms with Crippen molar-refractivity contribution >= 4 is 26.9 Å². The summed E-state index contributed by atoms with van der Waals surface area (Å²) in [6.07, 6.45) is 0. The fourth-order valence-electron chi connectivity index (χ4n) is 3.68. The number of hydrogen-bond donors (Lipinski definition) is 2. The lowest BCUT2D eigenvalue weighted by molar-refractivity contribution is 0.0935. The van der Waals surface area contributed by atoms with Crippen molar-refractivity contribution in [2.24, 2.45) is 0 Å². The Morgan fingerprint density at radius 2 is 1.79 bits per heavy atom. The number of carbonyl (C=O) groups is 1. The fraction of sp³-hybridized carbons (Fsp3) is 0.160. The molecule has 8 nitrogen and oxygen atoms in total. The minimum Gasteiger partial charge on any atom is -0.459 e. The number of nitrogens with one attached hydrogen (secondary N) is 2. The van der Waals surface area contributed by atoms with Gasteiger partial charge in [-0.1, -0.05) is 30.3 Å². The van der Waals surface area contributed by atoms with Crippen molar-refractivity contribution < 1.29 is 27.1 Å². The van der Waals surface area contributed by atoms with Crippen LogP contribution in [-0.4, -0.2) is 21.1 Å². The molecule has 1 aliphatic heterocycles. The van der Waals surface area contributed by atoms with Gasteiger partial charge in [0, 0.05) is 17.5 Å². The number of carbonyl (C=O) groups excluding carboxylic acids is 1. The van der Waals surface area contributed by atoms with Gasteiger partial charge in [-0.2, -0.15) is 0 Å². The summed E-state index contributed by atoms with van der Waals surface area (Å²) >= 11 is 0. The van der Waals surface area contributed by atoms with E-state index in [-0.39, 0.29) is 23.8 Å². The highest BCUT2D eigenvalue weighted by Crippen LogP contribution is 2.32. The van der Waals surface area contributed by atoms with E-state index in [9.17, 15) is 13.2 Å². The highest BCUT2D eigenvalue weighted by molar-refractivity contribution is 7.89. The molecule has 0 spiro atoms. The number of sulfonamides is 1. The molecule has 0 fully saturated rings. The van der Waals surface area contributed by atoms with Gasteiger partial charge in [0.05, 0.1) is 10.9 Å². The second-order valence-electron chi connectivity index (χ2n) is 7.92. The van der Waals surface area contributed by atoms with Gasteiger partial charge in [0.25, 0.3) is 5.91 Å². The lowest BCUT2D eigenvalue weighted by Crippen LogP contribution is -2.27. The van der Waals surface area contributed by atoms with Gasteiger partial charge in [-0.3, -0.25) is 4.79 Å². The summed E-state index contributed by atoms with van der Waals surface area (Å²) in [4.78, 5) is 12.8. The first-order chi connectivity index (χ1) is 16.4. The van der Waals surface area contributed by atoms with Gasteiger partial charge in [-0.25, -0.2) is 13.1 Å². The van der Waals surface area contributed by atoms with E-state index in [1.807, 2.05) is 37.3 Å². The largest absolute Gasteiger partial charge is 0.459 e. The Bertz CT molecular complexity index is 1440. The first kappa shape index (κ1) is 22.0. The van der Waals surface area contributed by atoms with E-state index in [0.717, 1.165) is 16.5 Å². The molecule has 0 saturated heterocycles. The summed E-state index contributed by atoms with van der Waals surface area (Å²) < 4.78 is 44.7. The molecule has 1 aliphatic rings. The van der Waals surface area contributed by atoms with Crippen LogP contribution in [0.3, 0.4) is 0 Å². The van der Waals surface area contributed by atoms with Crippen molar-refractivity contribution in [2.75, 3.05) is 6.79 Å². The van der Waals surface area contributed by atoms with Gasteiger partial charge < -0.3 is 19.2 Å². The molecule has 34 heavy (non-hydrogen) atoms.